The number of rotatable bonds is 5. The Bertz CT molecular complexity index is 700. The molecule has 0 aliphatic carbocycles. The minimum Gasteiger partial charge on any atom is -0.487 e. The summed E-state index contributed by atoms with van der Waals surface area (Å²) in [6.45, 7) is -0.0194. The Kier molecular flexibility index (Phi) is 5.15. The molecule has 0 atom stereocenters. The molecule has 0 aliphatic heterocycles. The van der Waals surface area contributed by atoms with Crippen molar-refractivity contribution in [2.45, 2.75) is 19.2 Å². The van der Waals surface area contributed by atoms with E-state index in [2.05, 4.69) is 0 Å². The van der Waals surface area contributed by atoms with Crippen LogP contribution in [0.2, 0.25) is 5.02 Å². The lowest BCUT2D eigenvalue weighted by Gasteiger charge is -2.18. The van der Waals surface area contributed by atoms with E-state index in [-0.39, 0.29) is 17.4 Å². The highest BCUT2D eigenvalue weighted by molar-refractivity contribution is 6.32. The summed E-state index contributed by atoms with van der Waals surface area (Å²) in [5.41, 5.74) is -0.817. The van der Waals surface area contributed by atoms with Gasteiger partial charge in [0.05, 0.1) is 17.0 Å². The van der Waals surface area contributed by atoms with Crippen molar-refractivity contribution in [3.8, 4) is 5.75 Å². The van der Waals surface area contributed by atoms with Crippen LogP contribution < -0.4 is 4.74 Å². The van der Waals surface area contributed by atoms with Gasteiger partial charge in [0, 0.05) is 5.56 Å². The van der Waals surface area contributed by atoms with Gasteiger partial charge in [-0.25, -0.2) is 0 Å². The Morgan fingerprint density at radius 1 is 1.13 bits per heavy atom. The van der Waals surface area contributed by atoms with E-state index in [4.69, 9.17) is 21.4 Å². The van der Waals surface area contributed by atoms with Crippen LogP contribution in [-0.4, -0.2) is 11.1 Å². The van der Waals surface area contributed by atoms with Crippen LogP contribution in [0.1, 0.15) is 16.7 Å². The summed E-state index contributed by atoms with van der Waals surface area (Å²) in [7, 11) is 0. The summed E-state index contributed by atoms with van der Waals surface area (Å²) in [5, 5.41) is 8.83. The average molecular weight is 345 g/mol. The topological polar surface area (TPSA) is 46.5 Å². The molecule has 0 spiro atoms. The molecule has 2 rings (SSSR count). The number of hydrogen-bond acceptors (Lipinski definition) is 2. The Morgan fingerprint density at radius 2 is 1.78 bits per heavy atom. The van der Waals surface area contributed by atoms with Gasteiger partial charge in [0.1, 0.15) is 12.4 Å². The molecule has 1 N–H and O–H groups in total. The maximum Gasteiger partial charge on any atom is 0.416 e. The van der Waals surface area contributed by atoms with E-state index in [0.717, 1.165) is 17.7 Å². The SMILES string of the molecule is O=C(O)Cc1c(C(F)(F)F)ccc(Cl)c1OCc1ccccc1. The van der Waals surface area contributed by atoms with Crippen molar-refractivity contribution in [1.82, 2.24) is 0 Å². The molecule has 0 saturated carbocycles. The summed E-state index contributed by atoms with van der Waals surface area (Å²) < 4.78 is 44.6. The molecule has 0 saturated heterocycles. The second-order valence-electron chi connectivity index (χ2n) is 4.75. The number of aliphatic carboxylic acids is 1. The van der Waals surface area contributed by atoms with E-state index in [1.807, 2.05) is 0 Å². The van der Waals surface area contributed by atoms with Crippen LogP contribution in [-0.2, 0) is 24.0 Å². The molecule has 0 heterocycles. The quantitative estimate of drug-likeness (QED) is 0.864. The number of alkyl halides is 3. The first-order valence-electron chi connectivity index (χ1n) is 6.56. The maximum absolute atomic E-state index is 13.1. The number of carboxylic acids is 1. The maximum atomic E-state index is 13.1. The normalized spacial score (nSPS) is 11.3. The fourth-order valence-corrected chi connectivity index (χ4v) is 2.31. The Morgan fingerprint density at radius 3 is 2.35 bits per heavy atom. The van der Waals surface area contributed by atoms with E-state index in [0.29, 0.717) is 0 Å². The number of carboxylic acid groups (broad SMARTS) is 1. The zero-order chi connectivity index (χ0) is 17.0. The molecule has 0 unspecified atom stereocenters. The summed E-state index contributed by atoms with van der Waals surface area (Å²) in [6, 6.07) is 10.6. The van der Waals surface area contributed by atoms with Crippen LogP contribution >= 0.6 is 11.6 Å². The molecular weight excluding hydrogens is 333 g/mol. The van der Waals surface area contributed by atoms with Gasteiger partial charge in [-0.2, -0.15) is 13.2 Å². The second kappa shape index (κ2) is 6.91. The van der Waals surface area contributed by atoms with Crippen molar-refractivity contribution in [2.24, 2.45) is 0 Å². The Balaban J connectivity index is 2.41. The van der Waals surface area contributed by atoms with Crippen LogP contribution in [0, 0.1) is 0 Å². The number of hydrogen-bond donors (Lipinski definition) is 1. The second-order valence-corrected chi connectivity index (χ2v) is 5.15. The van der Waals surface area contributed by atoms with Gasteiger partial charge in [0.15, 0.2) is 0 Å². The predicted molar refractivity (Wildman–Crippen MR) is 78.6 cm³/mol. The number of halogens is 4. The van der Waals surface area contributed by atoms with Gasteiger partial charge in [0.25, 0.3) is 0 Å². The molecule has 0 amide bonds. The first-order chi connectivity index (χ1) is 10.8. The van der Waals surface area contributed by atoms with Crippen molar-refractivity contribution >= 4 is 17.6 Å². The third-order valence-electron chi connectivity index (χ3n) is 3.07. The lowest BCUT2D eigenvalue weighted by Crippen LogP contribution is -2.14. The van der Waals surface area contributed by atoms with Gasteiger partial charge >= 0.3 is 12.1 Å². The first-order valence-corrected chi connectivity index (χ1v) is 6.94. The van der Waals surface area contributed by atoms with Crippen molar-refractivity contribution in [2.75, 3.05) is 0 Å². The zero-order valence-electron chi connectivity index (χ0n) is 11.7. The largest absolute Gasteiger partial charge is 0.487 e. The molecule has 23 heavy (non-hydrogen) atoms. The molecule has 122 valence electrons. The molecule has 0 bridgehead atoms. The standard InChI is InChI=1S/C16H12ClF3O3/c17-13-7-6-12(16(18,19)20)11(8-14(21)22)15(13)23-9-10-4-2-1-3-5-10/h1-7H,8-9H2,(H,21,22). The summed E-state index contributed by atoms with van der Waals surface area (Å²) in [4.78, 5) is 10.9. The lowest BCUT2D eigenvalue weighted by atomic mass is 10.0. The van der Waals surface area contributed by atoms with E-state index in [1.54, 1.807) is 30.3 Å². The van der Waals surface area contributed by atoms with E-state index < -0.39 is 29.7 Å². The minimum atomic E-state index is -4.69. The molecule has 0 fully saturated rings. The predicted octanol–water partition coefficient (Wildman–Crippen LogP) is 4.56. The summed E-state index contributed by atoms with van der Waals surface area (Å²) >= 11 is 5.92. The summed E-state index contributed by atoms with van der Waals surface area (Å²) in [6.07, 6.45) is -5.53. The first kappa shape index (κ1) is 17.1. The molecule has 7 heteroatoms. The molecule has 0 aromatic heterocycles. The van der Waals surface area contributed by atoms with E-state index in [9.17, 15) is 18.0 Å². The molecule has 3 nitrogen and oxygen atoms in total. The van der Waals surface area contributed by atoms with Crippen LogP contribution in [0.3, 0.4) is 0 Å². The van der Waals surface area contributed by atoms with Crippen molar-refractivity contribution in [3.05, 3.63) is 64.2 Å². The van der Waals surface area contributed by atoms with Crippen LogP contribution in [0.5, 0.6) is 5.75 Å². The van der Waals surface area contributed by atoms with Gasteiger partial charge in [-0.15, -0.1) is 0 Å². The minimum absolute atomic E-state index is 0.0194. The molecule has 0 aliphatic rings. The van der Waals surface area contributed by atoms with Crippen LogP contribution in [0.15, 0.2) is 42.5 Å². The third kappa shape index (κ3) is 4.39. The molecular formula is C16H12ClF3O3. The Hall–Kier alpha value is -2.21. The van der Waals surface area contributed by atoms with Gasteiger partial charge in [-0.3, -0.25) is 4.79 Å². The van der Waals surface area contributed by atoms with Crippen LogP contribution in [0.4, 0.5) is 13.2 Å². The number of ether oxygens (including phenoxy) is 1. The Labute approximate surface area is 135 Å². The lowest BCUT2D eigenvalue weighted by molar-refractivity contribution is -0.139. The molecule has 2 aromatic rings. The molecule has 0 radical (unpaired) electrons. The smallest absolute Gasteiger partial charge is 0.416 e. The average Bonchev–Trinajstić information content (AvgIpc) is 2.46. The van der Waals surface area contributed by atoms with Crippen LogP contribution in [0.25, 0.3) is 0 Å². The molecule has 2 aromatic carbocycles. The highest BCUT2D eigenvalue weighted by Crippen LogP contribution is 2.40. The highest BCUT2D eigenvalue weighted by atomic mass is 35.5. The zero-order valence-corrected chi connectivity index (χ0v) is 12.5. The van der Waals surface area contributed by atoms with Crippen molar-refractivity contribution in [3.63, 3.8) is 0 Å². The van der Waals surface area contributed by atoms with E-state index in [1.165, 1.54) is 0 Å². The number of carbonyl (C=O) groups is 1. The van der Waals surface area contributed by atoms with Gasteiger partial charge in [-0.1, -0.05) is 41.9 Å². The fraction of sp³-hybridized carbons (Fsp3) is 0.188. The highest BCUT2D eigenvalue weighted by Gasteiger charge is 2.36. The van der Waals surface area contributed by atoms with Crippen molar-refractivity contribution in [1.29, 1.82) is 0 Å². The number of benzene rings is 2. The monoisotopic (exact) mass is 344 g/mol. The van der Waals surface area contributed by atoms with Crippen molar-refractivity contribution < 1.29 is 27.8 Å². The van der Waals surface area contributed by atoms with E-state index >= 15 is 0 Å². The van der Waals surface area contributed by atoms with Gasteiger partial charge in [0.2, 0.25) is 0 Å². The third-order valence-corrected chi connectivity index (χ3v) is 3.37. The van der Waals surface area contributed by atoms with Gasteiger partial charge < -0.3 is 9.84 Å². The fourth-order valence-electron chi connectivity index (χ4n) is 2.08. The summed E-state index contributed by atoms with van der Waals surface area (Å²) in [5.74, 6) is -1.66. The van der Waals surface area contributed by atoms with Gasteiger partial charge in [-0.05, 0) is 17.7 Å².